The lowest BCUT2D eigenvalue weighted by molar-refractivity contribution is -0.0288. The van der Waals surface area contributed by atoms with E-state index in [1.165, 1.54) is 24.8 Å². The van der Waals surface area contributed by atoms with Gasteiger partial charge in [-0.15, -0.1) is 0 Å². The summed E-state index contributed by atoms with van der Waals surface area (Å²) in [7, 11) is 0. The minimum Gasteiger partial charge on any atom is -0.390 e. The summed E-state index contributed by atoms with van der Waals surface area (Å²) in [6.45, 7) is 4.04. The number of aliphatic hydroxyl groups is 2. The molecule has 0 heterocycles. The van der Waals surface area contributed by atoms with Crippen molar-refractivity contribution in [3.8, 4) is 0 Å². The highest BCUT2D eigenvalue weighted by molar-refractivity contribution is 5.32. The van der Waals surface area contributed by atoms with Crippen molar-refractivity contribution < 1.29 is 10.2 Å². The normalized spacial score (nSPS) is 20.7. The van der Waals surface area contributed by atoms with E-state index in [-0.39, 0.29) is 5.92 Å². The molecule has 1 fully saturated rings. The van der Waals surface area contributed by atoms with Crippen molar-refractivity contribution in [2.24, 2.45) is 5.92 Å². The Bertz CT molecular complexity index is 394. The van der Waals surface area contributed by atoms with Gasteiger partial charge in [-0.2, -0.15) is 0 Å². The van der Waals surface area contributed by atoms with Gasteiger partial charge in [0.25, 0.3) is 0 Å². The fourth-order valence-electron chi connectivity index (χ4n) is 3.07. The second kappa shape index (κ2) is 5.85. The maximum atomic E-state index is 10.4. The Morgan fingerprint density at radius 3 is 2.33 bits per heavy atom. The van der Waals surface area contributed by atoms with E-state index in [0.717, 1.165) is 24.0 Å². The molecule has 0 bridgehead atoms. The summed E-state index contributed by atoms with van der Waals surface area (Å²) in [4.78, 5) is 0. The molecule has 1 aliphatic rings. The molecular formula is C16H24O2. The number of hydrogen-bond acceptors (Lipinski definition) is 2. The average Bonchev–Trinajstić information content (AvgIpc) is 2.38. The van der Waals surface area contributed by atoms with Crippen LogP contribution in [0.15, 0.2) is 18.2 Å². The van der Waals surface area contributed by atoms with E-state index < -0.39 is 12.2 Å². The Morgan fingerprint density at radius 1 is 1.06 bits per heavy atom. The van der Waals surface area contributed by atoms with Crippen LogP contribution in [0.25, 0.3) is 0 Å². The third kappa shape index (κ3) is 2.93. The van der Waals surface area contributed by atoms with Crippen LogP contribution in [0.4, 0.5) is 0 Å². The molecule has 0 spiro atoms. The largest absolute Gasteiger partial charge is 0.390 e. The first-order valence-corrected chi connectivity index (χ1v) is 7.03. The van der Waals surface area contributed by atoms with Gasteiger partial charge < -0.3 is 10.2 Å². The summed E-state index contributed by atoms with van der Waals surface area (Å²) in [6, 6.07) is 6.01. The molecule has 0 saturated heterocycles. The second-order valence-electron chi connectivity index (χ2n) is 5.69. The topological polar surface area (TPSA) is 40.5 Å². The van der Waals surface area contributed by atoms with Crippen molar-refractivity contribution in [1.29, 1.82) is 0 Å². The first kappa shape index (κ1) is 13.6. The minimum atomic E-state index is -0.742. The zero-order valence-electron chi connectivity index (χ0n) is 11.4. The molecule has 100 valence electrons. The molecule has 0 amide bonds. The van der Waals surface area contributed by atoms with Crippen molar-refractivity contribution in [2.75, 3.05) is 0 Å². The highest BCUT2D eigenvalue weighted by atomic mass is 16.3. The van der Waals surface area contributed by atoms with Crippen molar-refractivity contribution in [2.45, 2.75) is 58.2 Å². The molecule has 2 heteroatoms. The Balaban J connectivity index is 2.11. The lowest BCUT2D eigenvalue weighted by Crippen LogP contribution is -2.29. The Labute approximate surface area is 110 Å². The predicted molar refractivity (Wildman–Crippen MR) is 73.5 cm³/mol. The zero-order valence-corrected chi connectivity index (χ0v) is 11.4. The van der Waals surface area contributed by atoms with Gasteiger partial charge in [-0.3, -0.25) is 0 Å². The van der Waals surface area contributed by atoms with Crippen LogP contribution < -0.4 is 0 Å². The SMILES string of the molecule is Cc1ccc(C(O)C(O)C2CCCCC2)c(C)c1. The molecule has 2 atom stereocenters. The van der Waals surface area contributed by atoms with Crippen LogP contribution >= 0.6 is 0 Å². The van der Waals surface area contributed by atoms with E-state index in [9.17, 15) is 10.2 Å². The fraction of sp³-hybridized carbons (Fsp3) is 0.625. The smallest absolute Gasteiger partial charge is 0.105 e. The van der Waals surface area contributed by atoms with Gasteiger partial charge in [0.15, 0.2) is 0 Å². The van der Waals surface area contributed by atoms with Crippen LogP contribution in [-0.4, -0.2) is 16.3 Å². The Hall–Kier alpha value is -0.860. The highest BCUT2D eigenvalue weighted by Gasteiger charge is 2.29. The fourth-order valence-corrected chi connectivity index (χ4v) is 3.07. The van der Waals surface area contributed by atoms with Crippen LogP contribution in [0.3, 0.4) is 0 Å². The molecule has 1 saturated carbocycles. The van der Waals surface area contributed by atoms with Crippen molar-refractivity contribution in [3.05, 3.63) is 34.9 Å². The molecule has 1 aliphatic carbocycles. The predicted octanol–water partition coefficient (Wildman–Crippen LogP) is 3.28. The first-order chi connectivity index (χ1) is 8.59. The quantitative estimate of drug-likeness (QED) is 0.862. The molecular weight excluding hydrogens is 224 g/mol. The van der Waals surface area contributed by atoms with Gasteiger partial charge >= 0.3 is 0 Å². The average molecular weight is 248 g/mol. The van der Waals surface area contributed by atoms with Crippen molar-refractivity contribution in [3.63, 3.8) is 0 Å². The van der Waals surface area contributed by atoms with Crippen LogP contribution in [0, 0.1) is 19.8 Å². The summed E-state index contributed by atoms with van der Waals surface area (Å²) >= 11 is 0. The second-order valence-corrected chi connectivity index (χ2v) is 5.69. The lowest BCUT2D eigenvalue weighted by atomic mass is 9.81. The molecule has 18 heavy (non-hydrogen) atoms. The Morgan fingerprint density at radius 2 is 1.72 bits per heavy atom. The van der Waals surface area contributed by atoms with Gasteiger partial charge in [0.05, 0.1) is 6.10 Å². The van der Waals surface area contributed by atoms with Crippen molar-refractivity contribution >= 4 is 0 Å². The number of hydrogen-bond donors (Lipinski definition) is 2. The number of rotatable bonds is 3. The summed E-state index contributed by atoms with van der Waals surface area (Å²) in [5.74, 6) is 0.259. The standard InChI is InChI=1S/C16H24O2/c1-11-8-9-14(12(2)10-11)16(18)15(17)13-6-4-3-5-7-13/h8-10,13,15-18H,3-7H2,1-2H3. The minimum absolute atomic E-state index is 0.259. The maximum absolute atomic E-state index is 10.4. The highest BCUT2D eigenvalue weighted by Crippen LogP contribution is 2.33. The van der Waals surface area contributed by atoms with E-state index in [2.05, 4.69) is 6.07 Å². The summed E-state index contributed by atoms with van der Waals surface area (Å²) < 4.78 is 0. The van der Waals surface area contributed by atoms with Gasteiger partial charge in [-0.25, -0.2) is 0 Å². The zero-order chi connectivity index (χ0) is 13.1. The van der Waals surface area contributed by atoms with E-state index in [4.69, 9.17) is 0 Å². The molecule has 2 unspecified atom stereocenters. The molecule has 0 aromatic heterocycles. The first-order valence-electron chi connectivity index (χ1n) is 7.03. The van der Waals surface area contributed by atoms with Crippen LogP contribution in [-0.2, 0) is 0 Å². The van der Waals surface area contributed by atoms with Crippen LogP contribution in [0.1, 0.15) is 54.9 Å². The van der Waals surface area contributed by atoms with E-state index in [1.54, 1.807) is 0 Å². The van der Waals surface area contributed by atoms with Crippen LogP contribution in [0.5, 0.6) is 0 Å². The molecule has 1 aromatic rings. The summed E-state index contributed by atoms with van der Waals surface area (Å²) in [5.41, 5.74) is 3.13. The van der Waals surface area contributed by atoms with E-state index >= 15 is 0 Å². The molecule has 2 nitrogen and oxygen atoms in total. The monoisotopic (exact) mass is 248 g/mol. The van der Waals surface area contributed by atoms with Gasteiger partial charge in [0, 0.05) is 0 Å². The van der Waals surface area contributed by atoms with E-state index in [0.29, 0.717) is 0 Å². The van der Waals surface area contributed by atoms with Crippen LogP contribution in [0.2, 0.25) is 0 Å². The third-order valence-electron chi connectivity index (χ3n) is 4.20. The number of aliphatic hydroxyl groups excluding tert-OH is 2. The van der Waals surface area contributed by atoms with Gasteiger partial charge in [-0.1, -0.05) is 43.0 Å². The molecule has 2 N–H and O–H groups in total. The third-order valence-corrected chi connectivity index (χ3v) is 4.20. The summed E-state index contributed by atoms with van der Waals surface area (Å²) in [5, 5.41) is 20.7. The van der Waals surface area contributed by atoms with Gasteiger partial charge in [-0.05, 0) is 43.7 Å². The number of benzene rings is 1. The molecule has 1 aromatic carbocycles. The lowest BCUT2D eigenvalue weighted by Gasteiger charge is -2.30. The number of aryl methyl sites for hydroxylation is 2. The molecule has 2 rings (SSSR count). The van der Waals surface area contributed by atoms with E-state index in [1.807, 2.05) is 26.0 Å². The summed E-state index contributed by atoms with van der Waals surface area (Å²) in [6.07, 6.45) is 4.36. The molecule has 0 aliphatic heterocycles. The molecule has 0 radical (unpaired) electrons. The maximum Gasteiger partial charge on any atom is 0.105 e. The van der Waals surface area contributed by atoms with Gasteiger partial charge in [0.1, 0.15) is 6.10 Å². The van der Waals surface area contributed by atoms with Crippen molar-refractivity contribution in [1.82, 2.24) is 0 Å². The van der Waals surface area contributed by atoms with Gasteiger partial charge in [0.2, 0.25) is 0 Å². The Kier molecular flexibility index (Phi) is 4.41.